The number of benzene rings is 1. The molecule has 4 heteroatoms. The van der Waals surface area contributed by atoms with Crippen molar-refractivity contribution in [3.05, 3.63) is 35.9 Å². The standard InChI is InChI=1S/C13H18N2O2/c14-12-8-15(9-13(16)17)7-6-11(12)10-4-2-1-3-5-10/h1-5,11-12H,6-9,14H2,(H,16,17). The predicted octanol–water partition coefficient (Wildman–Crippen LogP) is 0.888. The number of carboxylic acids is 1. The quantitative estimate of drug-likeness (QED) is 0.815. The lowest BCUT2D eigenvalue weighted by molar-refractivity contribution is -0.138. The highest BCUT2D eigenvalue weighted by Crippen LogP contribution is 2.26. The van der Waals surface area contributed by atoms with Gasteiger partial charge in [-0.05, 0) is 18.5 Å². The number of hydrogen-bond donors (Lipinski definition) is 2. The molecule has 2 unspecified atom stereocenters. The molecule has 1 aliphatic rings. The largest absolute Gasteiger partial charge is 0.480 e. The number of nitrogens with zero attached hydrogens (tertiary/aromatic N) is 1. The molecule has 2 rings (SSSR count). The summed E-state index contributed by atoms with van der Waals surface area (Å²) in [5.74, 6) is -0.434. The van der Waals surface area contributed by atoms with Gasteiger partial charge in [0, 0.05) is 18.5 Å². The van der Waals surface area contributed by atoms with Crippen LogP contribution in [0.3, 0.4) is 0 Å². The number of piperidine rings is 1. The highest BCUT2D eigenvalue weighted by atomic mass is 16.4. The Morgan fingerprint density at radius 2 is 2.12 bits per heavy atom. The Bertz CT molecular complexity index is 380. The van der Waals surface area contributed by atoms with Gasteiger partial charge in [-0.2, -0.15) is 0 Å². The number of nitrogens with two attached hydrogens (primary N) is 1. The summed E-state index contributed by atoms with van der Waals surface area (Å²) in [5, 5.41) is 8.75. The van der Waals surface area contributed by atoms with Crippen molar-refractivity contribution in [3.63, 3.8) is 0 Å². The molecule has 0 saturated carbocycles. The van der Waals surface area contributed by atoms with E-state index in [1.54, 1.807) is 0 Å². The zero-order valence-corrected chi connectivity index (χ0v) is 9.75. The van der Waals surface area contributed by atoms with Crippen LogP contribution in [0, 0.1) is 0 Å². The number of aliphatic carboxylic acids is 1. The van der Waals surface area contributed by atoms with Crippen molar-refractivity contribution in [2.24, 2.45) is 5.73 Å². The van der Waals surface area contributed by atoms with E-state index in [4.69, 9.17) is 10.8 Å². The monoisotopic (exact) mass is 234 g/mol. The number of likely N-dealkylation sites (tertiary alicyclic amines) is 1. The molecule has 1 saturated heterocycles. The highest BCUT2D eigenvalue weighted by molar-refractivity contribution is 5.69. The van der Waals surface area contributed by atoms with Gasteiger partial charge in [-0.25, -0.2) is 0 Å². The van der Waals surface area contributed by atoms with Crippen LogP contribution in [0.5, 0.6) is 0 Å². The summed E-state index contributed by atoms with van der Waals surface area (Å²) in [6.07, 6.45) is 0.929. The second-order valence-corrected chi connectivity index (χ2v) is 4.60. The molecule has 92 valence electrons. The van der Waals surface area contributed by atoms with Gasteiger partial charge in [0.15, 0.2) is 0 Å². The maximum absolute atomic E-state index is 10.6. The summed E-state index contributed by atoms with van der Waals surface area (Å²) in [4.78, 5) is 12.6. The minimum absolute atomic E-state index is 0.0190. The van der Waals surface area contributed by atoms with E-state index in [0.717, 1.165) is 13.0 Å². The molecule has 0 amide bonds. The zero-order valence-electron chi connectivity index (χ0n) is 9.75. The van der Waals surface area contributed by atoms with Gasteiger partial charge in [0.05, 0.1) is 6.54 Å². The van der Waals surface area contributed by atoms with Gasteiger partial charge in [-0.1, -0.05) is 30.3 Å². The van der Waals surface area contributed by atoms with Gasteiger partial charge in [-0.15, -0.1) is 0 Å². The first kappa shape index (κ1) is 12.1. The van der Waals surface area contributed by atoms with Crippen LogP contribution in [-0.4, -0.2) is 41.7 Å². The molecule has 1 aromatic rings. The fourth-order valence-electron chi connectivity index (χ4n) is 2.50. The highest BCUT2D eigenvalue weighted by Gasteiger charge is 2.28. The molecule has 1 aromatic carbocycles. The molecule has 1 heterocycles. The zero-order chi connectivity index (χ0) is 12.3. The second-order valence-electron chi connectivity index (χ2n) is 4.60. The Morgan fingerprint density at radius 1 is 1.41 bits per heavy atom. The van der Waals surface area contributed by atoms with E-state index in [1.807, 2.05) is 23.1 Å². The van der Waals surface area contributed by atoms with E-state index in [9.17, 15) is 4.79 Å². The SMILES string of the molecule is NC1CN(CC(=O)O)CCC1c1ccccc1. The Balaban J connectivity index is 1.99. The number of carbonyl (C=O) groups is 1. The van der Waals surface area contributed by atoms with E-state index < -0.39 is 5.97 Å². The van der Waals surface area contributed by atoms with Crippen molar-refractivity contribution >= 4 is 5.97 Å². The lowest BCUT2D eigenvalue weighted by Crippen LogP contribution is -2.48. The van der Waals surface area contributed by atoms with Crippen molar-refractivity contribution < 1.29 is 9.90 Å². The van der Waals surface area contributed by atoms with Crippen LogP contribution in [0.1, 0.15) is 17.9 Å². The molecule has 1 aliphatic heterocycles. The fourth-order valence-corrected chi connectivity index (χ4v) is 2.50. The lowest BCUT2D eigenvalue weighted by Gasteiger charge is -2.36. The van der Waals surface area contributed by atoms with E-state index in [-0.39, 0.29) is 12.6 Å². The third kappa shape index (κ3) is 3.05. The topological polar surface area (TPSA) is 66.6 Å². The third-order valence-electron chi connectivity index (χ3n) is 3.33. The van der Waals surface area contributed by atoms with Crippen LogP contribution in [0.15, 0.2) is 30.3 Å². The Labute approximate surface area is 101 Å². The van der Waals surface area contributed by atoms with E-state index >= 15 is 0 Å². The molecule has 0 spiro atoms. The molecular formula is C13H18N2O2. The molecule has 17 heavy (non-hydrogen) atoms. The third-order valence-corrected chi connectivity index (χ3v) is 3.33. The number of rotatable bonds is 3. The maximum atomic E-state index is 10.6. The number of carboxylic acid groups (broad SMARTS) is 1. The normalized spacial score (nSPS) is 25.7. The molecule has 0 radical (unpaired) electrons. The van der Waals surface area contributed by atoms with Gasteiger partial charge < -0.3 is 10.8 Å². The lowest BCUT2D eigenvalue weighted by atomic mass is 9.86. The average Bonchev–Trinajstić information content (AvgIpc) is 2.29. The molecule has 0 bridgehead atoms. The predicted molar refractivity (Wildman–Crippen MR) is 65.9 cm³/mol. The number of hydrogen-bond acceptors (Lipinski definition) is 3. The van der Waals surface area contributed by atoms with E-state index in [0.29, 0.717) is 12.5 Å². The first-order valence-electron chi connectivity index (χ1n) is 5.91. The van der Waals surface area contributed by atoms with Crippen LogP contribution in [-0.2, 0) is 4.79 Å². The van der Waals surface area contributed by atoms with Crippen molar-refractivity contribution in [2.75, 3.05) is 19.6 Å². The van der Waals surface area contributed by atoms with Gasteiger partial charge in [0.1, 0.15) is 0 Å². The summed E-state index contributed by atoms with van der Waals surface area (Å²) in [5.41, 5.74) is 7.40. The average molecular weight is 234 g/mol. The minimum atomic E-state index is -0.782. The van der Waals surface area contributed by atoms with Crippen LogP contribution in [0.4, 0.5) is 0 Å². The molecule has 2 atom stereocenters. The van der Waals surface area contributed by atoms with Crippen LogP contribution < -0.4 is 5.73 Å². The van der Waals surface area contributed by atoms with Crippen LogP contribution in [0.2, 0.25) is 0 Å². The minimum Gasteiger partial charge on any atom is -0.480 e. The van der Waals surface area contributed by atoms with Gasteiger partial charge in [0.25, 0.3) is 0 Å². The Morgan fingerprint density at radius 3 is 2.71 bits per heavy atom. The van der Waals surface area contributed by atoms with Crippen molar-refractivity contribution in [3.8, 4) is 0 Å². The first-order valence-corrected chi connectivity index (χ1v) is 5.91. The van der Waals surface area contributed by atoms with E-state index in [2.05, 4.69) is 12.1 Å². The smallest absolute Gasteiger partial charge is 0.317 e. The summed E-state index contributed by atoms with van der Waals surface area (Å²) in [6, 6.07) is 10.2. The molecule has 0 aliphatic carbocycles. The van der Waals surface area contributed by atoms with Gasteiger partial charge in [0.2, 0.25) is 0 Å². The first-order chi connectivity index (χ1) is 8.16. The van der Waals surface area contributed by atoms with Crippen molar-refractivity contribution in [1.82, 2.24) is 4.90 Å². The van der Waals surface area contributed by atoms with Gasteiger partial charge in [-0.3, -0.25) is 9.69 Å². The molecule has 1 fully saturated rings. The molecule has 4 nitrogen and oxygen atoms in total. The Hall–Kier alpha value is -1.39. The molecular weight excluding hydrogens is 216 g/mol. The van der Waals surface area contributed by atoms with Crippen LogP contribution in [0.25, 0.3) is 0 Å². The summed E-state index contributed by atoms with van der Waals surface area (Å²) < 4.78 is 0. The fraction of sp³-hybridized carbons (Fsp3) is 0.462. The van der Waals surface area contributed by atoms with E-state index in [1.165, 1.54) is 5.56 Å². The Kier molecular flexibility index (Phi) is 3.76. The van der Waals surface area contributed by atoms with Crippen LogP contribution >= 0.6 is 0 Å². The second kappa shape index (κ2) is 5.29. The summed E-state index contributed by atoms with van der Waals surface area (Å²) >= 11 is 0. The maximum Gasteiger partial charge on any atom is 0.317 e. The van der Waals surface area contributed by atoms with Gasteiger partial charge >= 0.3 is 5.97 Å². The summed E-state index contributed by atoms with van der Waals surface area (Å²) in [6.45, 7) is 1.56. The molecule has 3 N–H and O–H groups in total. The van der Waals surface area contributed by atoms with Crippen molar-refractivity contribution in [1.29, 1.82) is 0 Å². The van der Waals surface area contributed by atoms with Crippen molar-refractivity contribution in [2.45, 2.75) is 18.4 Å². The summed E-state index contributed by atoms with van der Waals surface area (Å²) in [7, 11) is 0. The molecule has 0 aromatic heterocycles.